The molecule has 0 unspecified atom stereocenters. The molecule has 1 amide bonds. The topological polar surface area (TPSA) is 88.5 Å². The van der Waals surface area contributed by atoms with Crippen LogP contribution in [0.2, 0.25) is 0 Å². The molecule has 2 heterocycles. The van der Waals surface area contributed by atoms with Crippen LogP contribution in [0, 0.1) is 31.0 Å². The lowest BCUT2D eigenvalue weighted by molar-refractivity contribution is -0.112. The van der Waals surface area contributed by atoms with Crippen LogP contribution in [0.5, 0.6) is 0 Å². The number of nitrogens with zero attached hydrogens (tertiary/aromatic N) is 5. The fraction of sp³-hybridized carbons (Fsp3) is 0.238. The van der Waals surface area contributed by atoms with Crippen LogP contribution in [-0.4, -0.2) is 25.2 Å². The number of hydrogen-bond acceptors (Lipinski definition) is 4. The van der Waals surface area contributed by atoms with Crippen LogP contribution in [0.1, 0.15) is 30.3 Å². The lowest BCUT2D eigenvalue weighted by Crippen LogP contribution is -2.14. The van der Waals surface area contributed by atoms with E-state index < -0.39 is 11.7 Å². The van der Waals surface area contributed by atoms with E-state index in [1.54, 1.807) is 12.1 Å². The zero-order valence-corrected chi connectivity index (χ0v) is 16.5. The number of anilines is 1. The van der Waals surface area contributed by atoms with E-state index in [-0.39, 0.29) is 16.9 Å². The Kier molecular flexibility index (Phi) is 5.88. The van der Waals surface area contributed by atoms with Crippen molar-refractivity contribution in [3.63, 3.8) is 0 Å². The molecule has 0 radical (unpaired) electrons. The molecule has 8 heteroatoms. The summed E-state index contributed by atoms with van der Waals surface area (Å²) in [5.41, 5.74) is 3.28. The molecule has 7 nitrogen and oxygen atoms in total. The predicted molar refractivity (Wildman–Crippen MR) is 108 cm³/mol. The number of halogens is 1. The molecule has 148 valence electrons. The number of benzene rings is 1. The van der Waals surface area contributed by atoms with E-state index in [1.165, 1.54) is 29.5 Å². The molecular formula is C21H21FN6O. The van der Waals surface area contributed by atoms with Gasteiger partial charge in [-0.2, -0.15) is 10.4 Å². The number of carbonyl (C=O) groups is 1. The van der Waals surface area contributed by atoms with Crippen molar-refractivity contribution in [2.45, 2.75) is 33.7 Å². The van der Waals surface area contributed by atoms with Crippen molar-refractivity contribution in [3.05, 3.63) is 65.3 Å². The van der Waals surface area contributed by atoms with Crippen molar-refractivity contribution in [1.29, 1.82) is 5.26 Å². The van der Waals surface area contributed by atoms with Gasteiger partial charge in [-0.15, -0.1) is 0 Å². The molecule has 0 aliphatic rings. The summed E-state index contributed by atoms with van der Waals surface area (Å²) in [4.78, 5) is 16.3. The van der Waals surface area contributed by atoms with Crippen molar-refractivity contribution in [2.75, 3.05) is 5.32 Å². The molecule has 0 spiro atoms. The number of carbonyl (C=O) groups excluding carboxylic acids is 1. The molecule has 0 saturated carbocycles. The summed E-state index contributed by atoms with van der Waals surface area (Å²) >= 11 is 0. The predicted octanol–water partition coefficient (Wildman–Crippen LogP) is 3.78. The van der Waals surface area contributed by atoms with Gasteiger partial charge in [-0.25, -0.2) is 14.1 Å². The van der Waals surface area contributed by atoms with E-state index in [4.69, 9.17) is 0 Å². The molecule has 2 aromatic heterocycles. The fourth-order valence-electron chi connectivity index (χ4n) is 3.15. The Morgan fingerprint density at radius 3 is 2.76 bits per heavy atom. The summed E-state index contributed by atoms with van der Waals surface area (Å²) in [6.45, 7) is 6.91. The van der Waals surface area contributed by atoms with Gasteiger partial charge in [0.15, 0.2) is 5.82 Å². The molecule has 3 aromatic rings. The first-order valence-electron chi connectivity index (χ1n) is 9.19. The van der Waals surface area contributed by atoms with Crippen LogP contribution in [0.15, 0.2) is 42.5 Å². The second-order valence-electron chi connectivity index (χ2n) is 6.61. The highest BCUT2D eigenvalue weighted by Crippen LogP contribution is 2.21. The van der Waals surface area contributed by atoms with Gasteiger partial charge in [0.05, 0.1) is 0 Å². The van der Waals surface area contributed by atoms with Crippen LogP contribution in [-0.2, 0) is 11.3 Å². The zero-order valence-electron chi connectivity index (χ0n) is 16.5. The molecule has 0 bridgehead atoms. The molecule has 0 aliphatic heterocycles. The van der Waals surface area contributed by atoms with Crippen LogP contribution < -0.4 is 5.32 Å². The largest absolute Gasteiger partial charge is 0.349 e. The lowest BCUT2D eigenvalue weighted by Gasteiger charge is -2.08. The molecule has 3 rings (SSSR count). The van der Waals surface area contributed by atoms with Crippen LogP contribution in [0.3, 0.4) is 0 Å². The fourth-order valence-corrected chi connectivity index (χ4v) is 3.15. The third kappa shape index (κ3) is 4.24. The smallest absolute Gasteiger partial charge is 0.266 e. The highest BCUT2D eigenvalue weighted by Gasteiger charge is 2.14. The van der Waals surface area contributed by atoms with Crippen molar-refractivity contribution < 1.29 is 9.18 Å². The number of amides is 1. The molecule has 1 N–H and O–H groups in total. The summed E-state index contributed by atoms with van der Waals surface area (Å²) in [6, 6.07) is 8.08. The van der Waals surface area contributed by atoms with Gasteiger partial charge in [0.1, 0.15) is 30.0 Å². The summed E-state index contributed by atoms with van der Waals surface area (Å²) in [7, 11) is 0. The standard InChI is InChI=1S/C21H21FN6O/c1-4-7-27-14(2)8-16(15(27)3)9-17(11-23)21(29)26-18-5-6-20(19(22)10-18)28-13-24-12-25-28/h5-6,8-10,12-13H,4,7H2,1-3H3,(H,26,29)/b17-9-. The number of rotatable bonds is 6. The maximum Gasteiger partial charge on any atom is 0.266 e. The van der Waals surface area contributed by atoms with Crippen LogP contribution in [0.4, 0.5) is 10.1 Å². The second kappa shape index (κ2) is 8.52. The number of nitriles is 1. The minimum Gasteiger partial charge on any atom is -0.349 e. The molecule has 0 fully saturated rings. The van der Waals surface area contributed by atoms with Crippen molar-refractivity contribution in [3.8, 4) is 11.8 Å². The zero-order chi connectivity index (χ0) is 21.0. The van der Waals surface area contributed by atoms with Gasteiger partial charge in [0, 0.05) is 23.6 Å². The van der Waals surface area contributed by atoms with E-state index in [1.807, 2.05) is 26.0 Å². The Bertz CT molecular complexity index is 1110. The number of aromatic nitrogens is 4. The van der Waals surface area contributed by atoms with Gasteiger partial charge in [-0.3, -0.25) is 4.79 Å². The van der Waals surface area contributed by atoms with Crippen molar-refractivity contribution in [1.82, 2.24) is 19.3 Å². The Balaban J connectivity index is 1.82. The Morgan fingerprint density at radius 1 is 1.34 bits per heavy atom. The monoisotopic (exact) mass is 392 g/mol. The van der Waals surface area contributed by atoms with Crippen molar-refractivity contribution in [2.24, 2.45) is 0 Å². The summed E-state index contributed by atoms with van der Waals surface area (Å²) in [6.07, 6.45) is 5.23. The van der Waals surface area contributed by atoms with E-state index in [0.29, 0.717) is 0 Å². The second-order valence-corrected chi connectivity index (χ2v) is 6.61. The third-order valence-corrected chi connectivity index (χ3v) is 4.60. The van der Waals surface area contributed by atoms with Gasteiger partial charge < -0.3 is 9.88 Å². The Labute approximate surface area is 168 Å². The van der Waals surface area contributed by atoms with Crippen LogP contribution in [0.25, 0.3) is 11.8 Å². The van der Waals surface area contributed by atoms with Crippen LogP contribution >= 0.6 is 0 Å². The first-order valence-corrected chi connectivity index (χ1v) is 9.19. The highest BCUT2D eigenvalue weighted by atomic mass is 19.1. The maximum atomic E-state index is 14.3. The van der Waals surface area contributed by atoms with Gasteiger partial charge in [-0.1, -0.05) is 6.92 Å². The number of aryl methyl sites for hydroxylation is 1. The molecule has 0 saturated heterocycles. The van der Waals surface area contributed by atoms with Gasteiger partial charge in [-0.05, 0) is 56.2 Å². The quantitative estimate of drug-likeness (QED) is 0.511. The van der Waals surface area contributed by atoms with E-state index >= 15 is 0 Å². The molecule has 0 aliphatic carbocycles. The first kappa shape index (κ1) is 20.0. The Morgan fingerprint density at radius 2 is 2.14 bits per heavy atom. The first-order chi connectivity index (χ1) is 13.9. The molecule has 29 heavy (non-hydrogen) atoms. The average Bonchev–Trinajstić information content (AvgIpc) is 3.30. The van der Waals surface area contributed by atoms with E-state index in [2.05, 4.69) is 26.9 Å². The van der Waals surface area contributed by atoms with Crippen molar-refractivity contribution >= 4 is 17.7 Å². The average molecular weight is 392 g/mol. The lowest BCUT2D eigenvalue weighted by atomic mass is 10.1. The van der Waals surface area contributed by atoms with Gasteiger partial charge in [0.25, 0.3) is 5.91 Å². The molecular weight excluding hydrogens is 371 g/mol. The number of nitrogens with one attached hydrogen (secondary N) is 1. The minimum atomic E-state index is -0.597. The SMILES string of the molecule is CCCn1c(C)cc(/C=C(/C#N)C(=O)Nc2ccc(-n3cncn3)c(F)c2)c1C. The normalized spacial score (nSPS) is 11.3. The summed E-state index contributed by atoms with van der Waals surface area (Å²) < 4.78 is 17.8. The van der Waals surface area contributed by atoms with E-state index in [0.717, 1.165) is 29.9 Å². The molecule has 1 aromatic carbocycles. The number of hydrogen-bond donors (Lipinski definition) is 1. The van der Waals surface area contributed by atoms with Gasteiger partial charge >= 0.3 is 0 Å². The summed E-state index contributed by atoms with van der Waals surface area (Å²) in [5, 5.41) is 15.9. The highest BCUT2D eigenvalue weighted by molar-refractivity contribution is 6.09. The molecule has 0 atom stereocenters. The Hall–Kier alpha value is -3.73. The summed E-state index contributed by atoms with van der Waals surface area (Å²) in [5.74, 6) is -1.17. The maximum absolute atomic E-state index is 14.3. The van der Waals surface area contributed by atoms with Gasteiger partial charge in [0.2, 0.25) is 0 Å². The van der Waals surface area contributed by atoms with E-state index in [9.17, 15) is 14.4 Å². The minimum absolute atomic E-state index is 0.0532. The third-order valence-electron chi connectivity index (χ3n) is 4.60.